The summed E-state index contributed by atoms with van der Waals surface area (Å²) < 4.78 is 12.8. The van der Waals surface area contributed by atoms with Crippen molar-refractivity contribution in [1.29, 1.82) is 0 Å². The predicted octanol–water partition coefficient (Wildman–Crippen LogP) is 4.44. The van der Waals surface area contributed by atoms with Crippen LogP contribution in [0, 0.1) is 6.92 Å². The third kappa shape index (κ3) is 2.77. The monoisotopic (exact) mass is 346 g/mol. The first-order valence-electron chi connectivity index (χ1n) is 8.35. The Hall–Kier alpha value is -3.34. The van der Waals surface area contributed by atoms with Gasteiger partial charge in [0.15, 0.2) is 0 Å². The fourth-order valence-electron chi connectivity index (χ4n) is 3.09. The number of aryl methyl sites for hydroxylation is 1. The summed E-state index contributed by atoms with van der Waals surface area (Å²) in [7, 11) is 1.39. The second kappa shape index (κ2) is 6.52. The number of rotatable bonds is 4. The summed E-state index contributed by atoms with van der Waals surface area (Å²) in [6.07, 6.45) is 1.95. The minimum atomic E-state index is -0.336. The van der Waals surface area contributed by atoms with Crippen molar-refractivity contribution >= 4 is 16.9 Å². The van der Waals surface area contributed by atoms with Crippen molar-refractivity contribution in [3.8, 4) is 11.5 Å². The first-order valence-corrected chi connectivity index (χ1v) is 8.35. The lowest BCUT2D eigenvalue weighted by Gasteiger charge is -2.05. The molecule has 0 aliphatic rings. The van der Waals surface area contributed by atoms with E-state index < -0.39 is 0 Å². The van der Waals surface area contributed by atoms with Gasteiger partial charge in [0.05, 0.1) is 19.2 Å². The molecule has 26 heavy (non-hydrogen) atoms. The minimum Gasteiger partial charge on any atom is -0.465 e. The van der Waals surface area contributed by atoms with E-state index in [1.807, 2.05) is 61.7 Å². The number of nitrogens with zero attached hydrogens (tertiary/aromatic N) is 2. The number of carbonyl (C=O) groups excluding carboxylic acids is 1. The third-order valence-electron chi connectivity index (χ3n) is 4.45. The molecule has 5 heteroatoms. The van der Waals surface area contributed by atoms with Crippen LogP contribution in [0.25, 0.3) is 22.4 Å². The van der Waals surface area contributed by atoms with Gasteiger partial charge in [-0.3, -0.25) is 0 Å². The number of fused-ring (bicyclic) bond motifs is 1. The molecule has 0 spiro atoms. The average molecular weight is 346 g/mol. The Bertz CT molecular complexity index is 1080. The van der Waals surface area contributed by atoms with E-state index >= 15 is 0 Å². The van der Waals surface area contributed by atoms with Crippen molar-refractivity contribution < 1.29 is 13.9 Å². The third-order valence-corrected chi connectivity index (χ3v) is 4.45. The number of ether oxygens (including phenoxy) is 1. The number of hydrogen-bond donors (Lipinski definition) is 0. The van der Waals surface area contributed by atoms with Crippen molar-refractivity contribution in [2.45, 2.75) is 13.5 Å². The van der Waals surface area contributed by atoms with E-state index in [0.717, 1.165) is 27.9 Å². The molecule has 4 aromatic rings. The van der Waals surface area contributed by atoms with Gasteiger partial charge in [-0.2, -0.15) is 0 Å². The Morgan fingerprint density at radius 1 is 1.12 bits per heavy atom. The Morgan fingerprint density at radius 3 is 2.69 bits per heavy atom. The Labute approximate surface area is 150 Å². The lowest BCUT2D eigenvalue weighted by molar-refractivity contribution is 0.0603. The van der Waals surface area contributed by atoms with Gasteiger partial charge in [-0.1, -0.05) is 24.3 Å². The van der Waals surface area contributed by atoms with E-state index in [4.69, 9.17) is 9.15 Å². The Kier molecular flexibility index (Phi) is 4.05. The largest absolute Gasteiger partial charge is 0.465 e. The molecule has 0 aliphatic carbocycles. The molecular formula is C21H18N2O3. The van der Waals surface area contributed by atoms with Gasteiger partial charge in [-0.05, 0) is 37.3 Å². The molecule has 0 unspecified atom stereocenters. The van der Waals surface area contributed by atoms with Crippen LogP contribution in [0.2, 0.25) is 0 Å². The van der Waals surface area contributed by atoms with Gasteiger partial charge in [-0.15, -0.1) is 0 Å². The molecule has 0 atom stereocenters. The number of hydrogen-bond acceptors (Lipinski definition) is 4. The van der Waals surface area contributed by atoms with E-state index in [0.29, 0.717) is 18.0 Å². The zero-order chi connectivity index (χ0) is 18.1. The maximum Gasteiger partial charge on any atom is 0.338 e. The zero-order valence-corrected chi connectivity index (χ0v) is 14.6. The molecule has 4 rings (SSSR count). The number of esters is 1. The molecule has 2 aromatic carbocycles. The summed E-state index contributed by atoms with van der Waals surface area (Å²) in [5.41, 5.74) is 3.33. The van der Waals surface area contributed by atoms with Gasteiger partial charge in [0.2, 0.25) is 5.89 Å². The van der Waals surface area contributed by atoms with Gasteiger partial charge in [-0.25, -0.2) is 9.78 Å². The van der Waals surface area contributed by atoms with E-state index in [1.165, 1.54) is 7.11 Å². The molecule has 0 aliphatic heterocycles. The van der Waals surface area contributed by atoms with E-state index in [2.05, 4.69) is 9.55 Å². The average Bonchev–Trinajstić information content (AvgIpc) is 3.26. The topological polar surface area (TPSA) is 57.3 Å². The van der Waals surface area contributed by atoms with Crippen molar-refractivity contribution in [3.63, 3.8) is 0 Å². The summed E-state index contributed by atoms with van der Waals surface area (Å²) >= 11 is 0. The van der Waals surface area contributed by atoms with Crippen molar-refractivity contribution in [2.75, 3.05) is 7.11 Å². The maximum absolute atomic E-state index is 12.0. The van der Waals surface area contributed by atoms with E-state index in [9.17, 15) is 4.79 Å². The van der Waals surface area contributed by atoms with Crippen LogP contribution >= 0.6 is 0 Å². The van der Waals surface area contributed by atoms with Gasteiger partial charge in [0.25, 0.3) is 0 Å². The quantitative estimate of drug-likeness (QED) is 0.513. The van der Waals surface area contributed by atoms with E-state index in [-0.39, 0.29) is 5.97 Å². The van der Waals surface area contributed by atoms with Crippen LogP contribution in [0.5, 0.6) is 0 Å². The fourth-order valence-corrected chi connectivity index (χ4v) is 3.09. The number of benzene rings is 2. The van der Waals surface area contributed by atoms with Crippen LogP contribution in [0.15, 0.2) is 65.2 Å². The second-order valence-electron chi connectivity index (χ2n) is 6.06. The van der Waals surface area contributed by atoms with Crippen molar-refractivity contribution in [1.82, 2.24) is 9.55 Å². The Morgan fingerprint density at radius 2 is 1.92 bits per heavy atom. The number of carbonyl (C=O) groups is 1. The van der Waals surface area contributed by atoms with Crippen LogP contribution in [0.4, 0.5) is 0 Å². The molecule has 2 heterocycles. The lowest BCUT2D eigenvalue weighted by Crippen LogP contribution is -2.03. The van der Waals surface area contributed by atoms with Crippen LogP contribution < -0.4 is 0 Å². The first-order chi connectivity index (χ1) is 12.7. The molecule has 0 N–H and O–H groups in total. The molecule has 130 valence electrons. The highest BCUT2D eigenvalue weighted by molar-refractivity contribution is 6.03. The van der Waals surface area contributed by atoms with Crippen LogP contribution in [-0.4, -0.2) is 22.6 Å². The maximum atomic E-state index is 12.0. The molecule has 0 fully saturated rings. The highest BCUT2D eigenvalue weighted by Crippen LogP contribution is 2.25. The normalized spacial score (nSPS) is 11.0. The molecular weight excluding hydrogens is 328 g/mol. The summed E-state index contributed by atoms with van der Waals surface area (Å²) in [6, 6.07) is 17.4. The lowest BCUT2D eigenvalue weighted by atomic mass is 10.1. The van der Waals surface area contributed by atoms with Crippen LogP contribution in [0.1, 0.15) is 21.8 Å². The molecule has 0 bridgehead atoms. The molecule has 0 amide bonds. The van der Waals surface area contributed by atoms with Gasteiger partial charge < -0.3 is 13.7 Å². The summed E-state index contributed by atoms with van der Waals surface area (Å²) in [5.74, 6) is 1.07. The molecule has 2 aromatic heterocycles. The summed E-state index contributed by atoms with van der Waals surface area (Å²) in [6.45, 7) is 2.48. The van der Waals surface area contributed by atoms with Crippen LogP contribution in [-0.2, 0) is 11.3 Å². The minimum absolute atomic E-state index is 0.336. The highest BCUT2D eigenvalue weighted by atomic mass is 16.5. The first kappa shape index (κ1) is 16.1. The summed E-state index contributed by atoms with van der Waals surface area (Å²) in [5, 5.41) is 0.865. The van der Waals surface area contributed by atoms with Crippen molar-refractivity contribution in [3.05, 3.63) is 77.8 Å². The standard InChI is InChI=1S/C21H18N2O3/c1-14-18(22-20(26-14)15-7-4-3-5-8-15)13-23-12-11-16-17(21(24)25-2)9-6-10-19(16)23/h3-12H,13H2,1-2H3. The second-order valence-corrected chi connectivity index (χ2v) is 6.06. The van der Waals surface area contributed by atoms with Crippen molar-refractivity contribution in [2.24, 2.45) is 0 Å². The predicted molar refractivity (Wildman–Crippen MR) is 99.1 cm³/mol. The number of aromatic nitrogens is 2. The molecule has 0 radical (unpaired) electrons. The SMILES string of the molecule is COC(=O)c1cccc2c1ccn2Cc1nc(-c2ccccc2)oc1C. The molecule has 0 saturated heterocycles. The zero-order valence-electron chi connectivity index (χ0n) is 14.6. The molecule has 0 saturated carbocycles. The van der Waals surface area contributed by atoms with Gasteiger partial charge in [0.1, 0.15) is 11.5 Å². The summed E-state index contributed by atoms with van der Waals surface area (Å²) in [4.78, 5) is 16.6. The number of oxazole rings is 1. The number of methoxy groups -OCH3 is 1. The smallest absolute Gasteiger partial charge is 0.338 e. The Balaban J connectivity index is 1.70. The highest BCUT2D eigenvalue weighted by Gasteiger charge is 2.15. The van der Waals surface area contributed by atoms with E-state index in [1.54, 1.807) is 6.07 Å². The molecule has 5 nitrogen and oxygen atoms in total. The fraction of sp³-hybridized carbons (Fsp3) is 0.143. The van der Waals surface area contributed by atoms with Gasteiger partial charge >= 0.3 is 5.97 Å². The van der Waals surface area contributed by atoms with Gasteiger partial charge in [0, 0.05) is 22.7 Å². The van der Waals surface area contributed by atoms with Crippen LogP contribution in [0.3, 0.4) is 0 Å².